The lowest BCUT2D eigenvalue weighted by atomic mass is 10.1. The van der Waals surface area contributed by atoms with E-state index >= 15 is 0 Å². The van der Waals surface area contributed by atoms with Crippen LogP contribution in [0, 0.1) is 5.82 Å². The molecule has 0 atom stereocenters. The van der Waals surface area contributed by atoms with Crippen LogP contribution in [0.25, 0.3) is 0 Å². The Morgan fingerprint density at radius 3 is 2.50 bits per heavy atom. The first kappa shape index (κ1) is 17.6. The molecule has 3 rings (SSSR count). The van der Waals surface area contributed by atoms with Crippen LogP contribution in [-0.4, -0.2) is 27.3 Å². The Hall–Kier alpha value is -3.22. The van der Waals surface area contributed by atoms with Gasteiger partial charge in [-0.1, -0.05) is 12.1 Å². The molecule has 2 aromatic heterocycles. The SMILES string of the molecule is CCOC(=O)c1ccc(CN(c2ccc(F)cn2)c2ccn(C)n2)cc1. The molecule has 0 saturated carbocycles. The second kappa shape index (κ2) is 7.77. The van der Waals surface area contributed by atoms with Gasteiger partial charge >= 0.3 is 5.97 Å². The molecule has 0 bridgehead atoms. The molecule has 0 fully saturated rings. The first-order valence-corrected chi connectivity index (χ1v) is 8.21. The van der Waals surface area contributed by atoms with Gasteiger partial charge in [0.05, 0.1) is 24.9 Å². The first-order chi connectivity index (χ1) is 12.6. The van der Waals surface area contributed by atoms with Crippen molar-refractivity contribution in [3.05, 3.63) is 71.8 Å². The van der Waals surface area contributed by atoms with Crippen molar-refractivity contribution in [2.24, 2.45) is 7.05 Å². The Morgan fingerprint density at radius 2 is 1.92 bits per heavy atom. The van der Waals surface area contributed by atoms with Crippen LogP contribution in [0.1, 0.15) is 22.8 Å². The minimum Gasteiger partial charge on any atom is -0.462 e. The third-order valence-corrected chi connectivity index (χ3v) is 3.77. The molecule has 6 nitrogen and oxygen atoms in total. The second-order valence-corrected chi connectivity index (χ2v) is 5.69. The number of pyridine rings is 1. The van der Waals surface area contributed by atoms with Crippen molar-refractivity contribution in [2.45, 2.75) is 13.5 Å². The van der Waals surface area contributed by atoms with Crippen LogP contribution in [0.5, 0.6) is 0 Å². The number of ether oxygens (including phenoxy) is 1. The minimum absolute atomic E-state index is 0.338. The maximum absolute atomic E-state index is 13.2. The number of nitrogens with zero attached hydrogens (tertiary/aromatic N) is 4. The van der Waals surface area contributed by atoms with Gasteiger partial charge in [-0.2, -0.15) is 5.10 Å². The Kier molecular flexibility index (Phi) is 5.26. The van der Waals surface area contributed by atoms with Crippen LogP contribution in [0.3, 0.4) is 0 Å². The fourth-order valence-electron chi connectivity index (χ4n) is 2.50. The molecule has 0 aliphatic rings. The predicted octanol–water partition coefficient (Wildman–Crippen LogP) is 3.47. The number of carbonyl (C=O) groups is 1. The average molecular weight is 354 g/mol. The topological polar surface area (TPSA) is 60.2 Å². The summed E-state index contributed by atoms with van der Waals surface area (Å²) in [7, 11) is 1.83. The molecule has 0 spiro atoms. The van der Waals surface area contributed by atoms with Gasteiger partial charge in [-0.25, -0.2) is 14.2 Å². The van der Waals surface area contributed by atoms with Crippen molar-refractivity contribution in [1.29, 1.82) is 0 Å². The average Bonchev–Trinajstić information content (AvgIpc) is 3.07. The van der Waals surface area contributed by atoms with E-state index in [1.807, 2.05) is 36.3 Å². The maximum Gasteiger partial charge on any atom is 0.338 e. The number of aromatic nitrogens is 3. The van der Waals surface area contributed by atoms with Gasteiger partial charge in [0, 0.05) is 19.3 Å². The summed E-state index contributed by atoms with van der Waals surface area (Å²) in [5, 5.41) is 4.41. The van der Waals surface area contributed by atoms with Gasteiger partial charge in [-0.3, -0.25) is 4.68 Å². The van der Waals surface area contributed by atoms with Crippen LogP contribution in [-0.2, 0) is 18.3 Å². The lowest BCUT2D eigenvalue weighted by Gasteiger charge is -2.21. The van der Waals surface area contributed by atoms with E-state index in [1.54, 1.807) is 29.8 Å². The molecule has 0 amide bonds. The molecule has 1 aromatic carbocycles. The van der Waals surface area contributed by atoms with Gasteiger partial charge in [0.15, 0.2) is 5.82 Å². The van der Waals surface area contributed by atoms with Crippen LogP contribution in [0.2, 0.25) is 0 Å². The third kappa shape index (κ3) is 4.05. The highest BCUT2D eigenvalue weighted by Crippen LogP contribution is 2.24. The van der Waals surface area contributed by atoms with Crippen molar-refractivity contribution < 1.29 is 13.9 Å². The van der Waals surface area contributed by atoms with E-state index in [0.717, 1.165) is 5.56 Å². The van der Waals surface area contributed by atoms with E-state index in [-0.39, 0.29) is 5.97 Å². The van der Waals surface area contributed by atoms with Crippen LogP contribution in [0.4, 0.5) is 16.0 Å². The highest BCUT2D eigenvalue weighted by molar-refractivity contribution is 5.89. The lowest BCUT2D eigenvalue weighted by Crippen LogP contribution is -2.18. The number of halogens is 1. The van der Waals surface area contributed by atoms with Gasteiger partial charge in [0.2, 0.25) is 0 Å². The molecular weight excluding hydrogens is 335 g/mol. The Morgan fingerprint density at radius 1 is 1.15 bits per heavy atom. The molecular formula is C19H19FN4O2. The Balaban J connectivity index is 1.86. The normalized spacial score (nSPS) is 10.6. The zero-order valence-corrected chi connectivity index (χ0v) is 14.6. The summed E-state index contributed by atoms with van der Waals surface area (Å²) in [5.41, 5.74) is 1.45. The molecule has 0 N–H and O–H groups in total. The minimum atomic E-state index is -0.395. The number of carbonyl (C=O) groups excluding carboxylic acids is 1. The van der Waals surface area contributed by atoms with E-state index in [0.29, 0.717) is 30.4 Å². The molecule has 134 valence electrons. The summed E-state index contributed by atoms with van der Waals surface area (Å²) in [6, 6.07) is 12.0. The predicted molar refractivity (Wildman–Crippen MR) is 95.6 cm³/mol. The smallest absolute Gasteiger partial charge is 0.338 e. The number of benzene rings is 1. The molecule has 3 aromatic rings. The van der Waals surface area contributed by atoms with Crippen molar-refractivity contribution in [2.75, 3.05) is 11.5 Å². The molecule has 26 heavy (non-hydrogen) atoms. The summed E-state index contributed by atoms with van der Waals surface area (Å²) in [6.45, 7) is 2.58. The van der Waals surface area contributed by atoms with Crippen LogP contribution in [0.15, 0.2) is 54.9 Å². The van der Waals surface area contributed by atoms with Gasteiger partial charge in [0.1, 0.15) is 11.6 Å². The van der Waals surface area contributed by atoms with Gasteiger partial charge in [0.25, 0.3) is 0 Å². The molecule has 0 aliphatic heterocycles. The second-order valence-electron chi connectivity index (χ2n) is 5.69. The number of aryl methyl sites for hydroxylation is 1. The van der Waals surface area contributed by atoms with Crippen LogP contribution < -0.4 is 4.90 Å². The zero-order chi connectivity index (χ0) is 18.5. The maximum atomic E-state index is 13.2. The van der Waals surface area contributed by atoms with E-state index in [1.165, 1.54) is 12.3 Å². The fourth-order valence-corrected chi connectivity index (χ4v) is 2.50. The highest BCUT2D eigenvalue weighted by Gasteiger charge is 2.15. The fraction of sp³-hybridized carbons (Fsp3) is 0.211. The standard InChI is InChI=1S/C19H19FN4O2/c1-3-26-19(25)15-6-4-14(5-7-15)13-24(18-10-11-23(2)22-18)17-9-8-16(20)12-21-17/h4-12H,3,13H2,1-2H3. The molecule has 0 aliphatic carbocycles. The lowest BCUT2D eigenvalue weighted by molar-refractivity contribution is 0.0526. The molecule has 2 heterocycles. The van der Waals surface area contributed by atoms with E-state index in [2.05, 4.69) is 10.1 Å². The number of anilines is 2. The molecule has 0 unspecified atom stereocenters. The van der Waals surface area contributed by atoms with E-state index < -0.39 is 5.82 Å². The zero-order valence-electron chi connectivity index (χ0n) is 14.6. The van der Waals surface area contributed by atoms with Crippen LogP contribution >= 0.6 is 0 Å². The summed E-state index contributed by atoms with van der Waals surface area (Å²) in [6.07, 6.45) is 3.00. The van der Waals surface area contributed by atoms with Gasteiger partial charge < -0.3 is 9.64 Å². The van der Waals surface area contributed by atoms with Crippen molar-refractivity contribution in [3.8, 4) is 0 Å². The summed E-state index contributed by atoms with van der Waals surface area (Å²) in [5.74, 6) is 0.537. The van der Waals surface area contributed by atoms with Crippen molar-refractivity contribution in [1.82, 2.24) is 14.8 Å². The third-order valence-electron chi connectivity index (χ3n) is 3.77. The first-order valence-electron chi connectivity index (χ1n) is 8.21. The quantitative estimate of drug-likeness (QED) is 0.635. The number of hydrogen-bond donors (Lipinski definition) is 0. The molecule has 0 saturated heterocycles. The summed E-state index contributed by atoms with van der Waals surface area (Å²) in [4.78, 5) is 17.8. The van der Waals surface area contributed by atoms with Crippen molar-refractivity contribution >= 4 is 17.6 Å². The van der Waals surface area contributed by atoms with Gasteiger partial charge in [-0.05, 0) is 36.8 Å². The summed E-state index contributed by atoms with van der Waals surface area (Å²) < 4.78 is 19.9. The summed E-state index contributed by atoms with van der Waals surface area (Å²) >= 11 is 0. The number of rotatable bonds is 6. The van der Waals surface area contributed by atoms with Crippen molar-refractivity contribution in [3.63, 3.8) is 0 Å². The monoisotopic (exact) mass is 354 g/mol. The Bertz CT molecular complexity index is 875. The number of esters is 1. The van der Waals surface area contributed by atoms with E-state index in [9.17, 15) is 9.18 Å². The molecule has 7 heteroatoms. The van der Waals surface area contributed by atoms with E-state index in [4.69, 9.17) is 4.74 Å². The largest absolute Gasteiger partial charge is 0.462 e. The Labute approximate surface area is 150 Å². The molecule has 0 radical (unpaired) electrons. The highest BCUT2D eigenvalue weighted by atomic mass is 19.1. The van der Waals surface area contributed by atoms with Gasteiger partial charge in [-0.15, -0.1) is 0 Å². The number of hydrogen-bond acceptors (Lipinski definition) is 5.